The van der Waals surface area contributed by atoms with Crippen LogP contribution in [-0.4, -0.2) is 36.2 Å². The summed E-state index contributed by atoms with van der Waals surface area (Å²) < 4.78 is 19.0. The van der Waals surface area contributed by atoms with E-state index < -0.39 is 5.60 Å². The molecule has 0 aliphatic rings. The van der Waals surface area contributed by atoms with Crippen molar-refractivity contribution in [2.24, 2.45) is 0 Å². The van der Waals surface area contributed by atoms with E-state index in [0.29, 0.717) is 36.8 Å². The van der Waals surface area contributed by atoms with Crippen molar-refractivity contribution in [1.29, 1.82) is 0 Å². The van der Waals surface area contributed by atoms with Gasteiger partial charge in [0.2, 0.25) is 0 Å². The fourth-order valence-corrected chi connectivity index (χ4v) is 2.20. The minimum absolute atomic E-state index is 0.292. The van der Waals surface area contributed by atoms with Crippen molar-refractivity contribution in [1.82, 2.24) is 10.2 Å². The largest absolute Gasteiger partial charge is 0.444 e. The standard InChI is InChI=1S/C17H26ClFN2O2/c1-5-9-21(16(22)23-17(2,3)4)10-8-20-12-13-11-14(18)6-7-15(13)19/h6-7,11,20H,5,8-10,12H2,1-4H3. The minimum Gasteiger partial charge on any atom is -0.444 e. The number of nitrogens with zero attached hydrogens (tertiary/aromatic N) is 1. The van der Waals surface area contributed by atoms with Crippen molar-refractivity contribution in [3.8, 4) is 0 Å². The molecule has 130 valence electrons. The number of hydrogen-bond acceptors (Lipinski definition) is 3. The third-order valence-electron chi connectivity index (χ3n) is 3.03. The molecule has 1 N–H and O–H groups in total. The number of benzene rings is 1. The molecule has 0 atom stereocenters. The highest BCUT2D eigenvalue weighted by Gasteiger charge is 2.21. The zero-order chi connectivity index (χ0) is 17.5. The van der Waals surface area contributed by atoms with Crippen LogP contribution in [0.4, 0.5) is 9.18 Å². The highest BCUT2D eigenvalue weighted by Crippen LogP contribution is 2.14. The number of carbonyl (C=O) groups excluding carboxylic acids is 1. The van der Waals surface area contributed by atoms with Gasteiger partial charge in [-0.05, 0) is 45.4 Å². The van der Waals surface area contributed by atoms with E-state index in [1.807, 2.05) is 27.7 Å². The van der Waals surface area contributed by atoms with Gasteiger partial charge in [-0.15, -0.1) is 0 Å². The topological polar surface area (TPSA) is 41.6 Å². The first-order valence-corrected chi connectivity index (χ1v) is 8.23. The minimum atomic E-state index is -0.513. The average molecular weight is 345 g/mol. The number of carbonyl (C=O) groups is 1. The molecule has 0 radical (unpaired) electrons. The number of rotatable bonds is 7. The van der Waals surface area contributed by atoms with Crippen molar-refractivity contribution in [2.75, 3.05) is 19.6 Å². The van der Waals surface area contributed by atoms with Crippen LogP contribution in [0.25, 0.3) is 0 Å². The predicted molar refractivity (Wildman–Crippen MR) is 91.2 cm³/mol. The summed E-state index contributed by atoms with van der Waals surface area (Å²) >= 11 is 5.86. The van der Waals surface area contributed by atoms with E-state index in [9.17, 15) is 9.18 Å². The molecule has 0 bridgehead atoms. The SMILES string of the molecule is CCCN(CCNCc1cc(Cl)ccc1F)C(=O)OC(C)(C)C. The van der Waals surface area contributed by atoms with E-state index >= 15 is 0 Å². The number of ether oxygens (including phenoxy) is 1. The molecule has 0 fully saturated rings. The van der Waals surface area contributed by atoms with E-state index in [-0.39, 0.29) is 11.9 Å². The quantitative estimate of drug-likeness (QED) is 0.753. The van der Waals surface area contributed by atoms with Gasteiger partial charge in [0.05, 0.1) is 0 Å². The molecule has 1 aromatic carbocycles. The van der Waals surface area contributed by atoms with E-state index in [1.165, 1.54) is 12.1 Å². The molecule has 0 aromatic heterocycles. The Balaban J connectivity index is 2.46. The molecule has 0 unspecified atom stereocenters. The normalized spacial score (nSPS) is 11.4. The Morgan fingerprint density at radius 2 is 2.04 bits per heavy atom. The lowest BCUT2D eigenvalue weighted by Crippen LogP contribution is -2.40. The number of halogens is 2. The zero-order valence-corrected chi connectivity index (χ0v) is 15.0. The summed E-state index contributed by atoms with van der Waals surface area (Å²) in [5.41, 5.74) is -0.00254. The average Bonchev–Trinajstić information content (AvgIpc) is 2.43. The summed E-state index contributed by atoms with van der Waals surface area (Å²) in [5, 5.41) is 3.63. The molecule has 1 aromatic rings. The Labute approximate surface area is 142 Å². The highest BCUT2D eigenvalue weighted by molar-refractivity contribution is 6.30. The van der Waals surface area contributed by atoms with Gasteiger partial charge in [0.1, 0.15) is 11.4 Å². The summed E-state index contributed by atoms with van der Waals surface area (Å²) in [4.78, 5) is 13.8. The maximum Gasteiger partial charge on any atom is 0.410 e. The van der Waals surface area contributed by atoms with Crippen LogP contribution in [0, 0.1) is 5.82 Å². The third kappa shape index (κ3) is 7.66. The first kappa shape index (κ1) is 19.7. The number of amides is 1. The summed E-state index contributed by atoms with van der Waals surface area (Å²) in [6.07, 6.45) is 0.525. The van der Waals surface area contributed by atoms with Crippen molar-refractivity contribution in [2.45, 2.75) is 46.3 Å². The fraction of sp³-hybridized carbons (Fsp3) is 0.588. The van der Waals surface area contributed by atoms with Crippen LogP contribution < -0.4 is 5.32 Å². The molecule has 1 amide bonds. The Bertz CT molecular complexity index is 518. The van der Waals surface area contributed by atoms with Gasteiger partial charge in [-0.1, -0.05) is 18.5 Å². The molecule has 4 nitrogen and oxygen atoms in total. The second-order valence-electron chi connectivity index (χ2n) is 6.38. The Kier molecular flexibility index (Phi) is 7.79. The molecule has 6 heteroatoms. The van der Waals surface area contributed by atoms with Crippen LogP contribution in [0.5, 0.6) is 0 Å². The van der Waals surface area contributed by atoms with E-state index in [0.717, 1.165) is 6.42 Å². The Hall–Kier alpha value is -1.33. The lowest BCUT2D eigenvalue weighted by Gasteiger charge is -2.27. The summed E-state index contributed by atoms with van der Waals surface area (Å²) in [5.74, 6) is -0.292. The first-order valence-electron chi connectivity index (χ1n) is 7.85. The van der Waals surface area contributed by atoms with Crippen molar-refractivity contribution < 1.29 is 13.9 Å². The molecule has 0 spiro atoms. The van der Waals surface area contributed by atoms with Crippen LogP contribution in [-0.2, 0) is 11.3 Å². The van der Waals surface area contributed by atoms with Gasteiger partial charge in [-0.2, -0.15) is 0 Å². The van der Waals surface area contributed by atoms with Crippen LogP contribution in [0.2, 0.25) is 5.02 Å². The van der Waals surface area contributed by atoms with Gasteiger partial charge in [0, 0.05) is 36.8 Å². The second-order valence-corrected chi connectivity index (χ2v) is 6.82. The highest BCUT2D eigenvalue weighted by atomic mass is 35.5. The van der Waals surface area contributed by atoms with Crippen LogP contribution in [0.15, 0.2) is 18.2 Å². The third-order valence-corrected chi connectivity index (χ3v) is 3.26. The van der Waals surface area contributed by atoms with Crippen molar-refractivity contribution in [3.05, 3.63) is 34.6 Å². The number of nitrogens with one attached hydrogen (secondary N) is 1. The Morgan fingerprint density at radius 1 is 1.35 bits per heavy atom. The summed E-state index contributed by atoms with van der Waals surface area (Å²) in [7, 11) is 0. The van der Waals surface area contributed by atoms with Gasteiger partial charge in [0.25, 0.3) is 0 Å². The maximum absolute atomic E-state index is 13.6. The molecule has 23 heavy (non-hydrogen) atoms. The van der Waals surface area contributed by atoms with Crippen LogP contribution in [0.1, 0.15) is 39.7 Å². The lowest BCUT2D eigenvalue weighted by molar-refractivity contribution is 0.0252. The monoisotopic (exact) mass is 344 g/mol. The van der Waals surface area contributed by atoms with Gasteiger partial charge in [-0.3, -0.25) is 0 Å². The van der Waals surface area contributed by atoms with Crippen molar-refractivity contribution in [3.63, 3.8) is 0 Å². The summed E-state index contributed by atoms with van der Waals surface area (Å²) in [6, 6.07) is 4.47. The van der Waals surface area contributed by atoms with E-state index in [4.69, 9.17) is 16.3 Å². The molecule has 0 aliphatic carbocycles. The molecule has 0 saturated carbocycles. The maximum atomic E-state index is 13.6. The van der Waals surface area contributed by atoms with Crippen molar-refractivity contribution >= 4 is 17.7 Å². The van der Waals surface area contributed by atoms with Gasteiger partial charge >= 0.3 is 6.09 Å². The summed E-state index contributed by atoms with van der Waals surface area (Å²) in [6.45, 7) is 9.57. The molecule has 1 rings (SSSR count). The second kappa shape index (κ2) is 9.08. The molecular formula is C17H26ClFN2O2. The lowest BCUT2D eigenvalue weighted by atomic mass is 10.2. The molecule has 0 heterocycles. The molecule has 0 saturated heterocycles. The van der Waals surface area contributed by atoms with E-state index in [2.05, 4.69) is 5.32 Å². The van der Waals surface area contributed by atoms with Gasteiger partial charge < -0.3 is 15.0 Å². The van der Waals surface area contributed by atoms with Crippen LogP contribution >= 0.6 is 11.6 Å². The molecule has 0 aliphatic heterocycles. The predicted octanol–water partition coefficient (Wildman–Crippen LogP) is 4.22. The zero-order valence-electron chi connectivity index (χ0n) is 14.3. The molecular weight excluding hydrogens is 319 g/mol. The fourth-order valence-electron chi connectivity index (χ4n) is 2.01. The number of hydrogen-bond donors (Lipinski definition) is 1. The van der Waals surface area contributed by atoms with E-state index in [1.54, 1.807) is 11.0 Å². The van der Waals surface area contributed by atoms with Crippen LogP contribution in [0.3, 0.4) is 0 Å². The first-order chi connectivity index (χ1) is 10.7. The van der Waals surface area contributed by atoms with Gasteiger partial charge in [-0.25, -0.2) is 9.18 Å². The van der Waals surface area contributed by atoms with Gasteiger partial charge in [0.15, 0.2) is 0 Å². The smallest absolute Gasteiger partial charge is 0.410 e. The Morgan fingerprint density at radius 3 is 2.65 bits per heavy atom.